The van der Waals surface area contributed by atoms with Gasteiger partial charge in [-0.15, -0.1) is 0 Å². The minimum atomic E-state index is 0.445. The van der Waals surface area contributed by atoms with Crippen LogP contribution in [0, 0.1) is 6.92 Å². The molecular weight excluding hydrogens is 343 g/mol. The summed E-state index contributed by atoms with van der Waals surface area (Å²) < 4.78 is 0. The fraction of sp³-hybridized carbons (Fsp3) is 0.111. The van der Waals surface area contributed by atoms with Gasteiger partial charge in [0.1, 0.15) is 5.82 Å². The van der Waals surface area contributed by atoms with Gasteiger partial charge in [-0.25, -0.2) is 4.98 Å². The Morgan fingerprint density at radius 2 is 1.79 bits per heavy atom. The Kier molecular flexibility index (Phi) is 5.18. The normalized spacial score (nSPS) is 10.5. The smallest absolute Gasteiger partial charge is 0.229 e. The van der Waals surface area contributed by atoms with Gasteiger partial charge < -0.3 is 10.6 Å². The minimum absolute atomic E-state index is 0.445. The molecule has 4 nitrogen and oxygen atoms in total. The van der Waals surface area contributed by atoms with E-state index in [0.717, 1.165) is 5.82 Å². The van der Waals surface area contributed by atoms with Crippen molar-refractivity contribution >= 4 is 40.7 Å². The number of anilines is 3. The summed E-state index contributed by atoms with van der Waals surface area (Å²) in [5.74, 6) is 1.18. The zero-order valence-electron chi connectivity index (χ0n) is 13.1. The molecule has 0 radical (unpaired) electrons. The molecule has 0 aliphatic rings. The second-order valence-corrected chi connectivity index (χ2v) is 6.12. The van der Waals surface area contributed by atoms with E-state index in [1.807, 2.05) is 18.2 Å². The van der Waals surface area contributed by atoms with Crippen LogP contribution in [-0.2, 0) is 6.54 Å². The van der Waals surface area contributed by atoms with Gasteiger partial charge in [-0.05, 0) is 30.7 Å². The summed E-state index contributed by atoms with van der Waals surface area (Å²) in [7, 11) is 0. The van der Waals surface area contributed by atoms with Crippen LogP contribution in [0.1, 0.15) is 11.1 Å². The summed E-state index contributed by atoms with van der Waals surface area (Å²) in [6.45, 7) is 2.76. The molecule has 3 rings (SSSR count). The summed E-state index contributed by atoms with van der Waals surface area (Å²) >= 11 is 12.2. The van der Waals surface area contributed by atoms with E-state index in [-0.39, 0.29) is 0 Å². The number of benzene rings is 2. The third-order valence-corrected chi connectivity index (χ3v) is 4.27. The third-order valence-electron chi connectivity index (χ3n) is 3.45. The topological polar surface area (TPSA) is 49.8 Å². The van der Waals surface area contributed by atoms with E-state index in [1.54, 1.807) is 12.3 Å². The molecule has 0 atom stereocenters. The molecule has 0 aliphatic carbocycles. The summed E-state index contributed by atoms with van der Waals surface area (Å²) in [5, 5.41) is 7.29. The standard InChI is InChI=1S/C18H16Cl2N4/c1-12-5-7-13(8-6-12)11-22-16-9-10-21-18(24-16)23-15-4-2-3-14(19)17(15)20/h2-10H,11H2,1H3,(H2,21,22,23,24). The molecule has 2 aromatic carbocycles. The number of rotatable bonds is 5. The highest BCUT2D eigenvalue weighted by Crippen LogP contribution is 2.31. The van der Waals surface area contributed by atoms with E-state index in [2.05, 4.69) is 51.8 Å². The van der Waals surface area contributed by atoms with Gasteiger partial charge in [0.15, 0.2) is 0 Å². The summed E-state index contributed by atoms with van der Waals surface area (Å²) in [5.41, 5.74) is 3.09. The van der Waals surface area contributed by atoms with Gasteiger partial charge in [0, 0.05) is 12.7 Å². The maximum absolute atomic E-state index is 6.17. The van der Waals surface area contributed by atoms with E-state index in [9.17, 15) is 0 Å². The summed E-state index contributed by atoms with van der Waals surface area (Å²) in [4.78, 5) is 8.64. The SMILES string of the molecule is Cc1ccc(CNc2ccnc(Nc3cccc(Cl)c3Cl)n2)cc1. The highest BCUT2D eigenvalue weighted by atomic mass is 35.5. The molecule has 2 N–H and O–H groups in total. The fourth-order valence-corrected chi connectivity index (χ4v) is 2.48. The first-order valence-electron chi connectivity index (χ1n) is 7.45. The van der Waals surface area contributed by atoms with Crippen LogP contribution in [0.3, 0.4) is 0 Å². The van der Waals surface area contributed by atoms with Crippen molar-refractivity contribution in [3.63, 3.8) is 0 Å². The van der Waals surface area contributed by atoms with Crippen LogP contribution < -0.4 is 10.6 Å². The van der Waals surface area contributed by atoms with Crippen molar-refractivity contribution in [2.75, 3.05) is 10.6 Å². The van der Waals surface area contributed by atoms with Crippen LogP contribution in [0.25, 0.3) is 0 Å². The maximum atomic E-state index is 6.17. The lowest BCUT2D eigenvalue weighted by Gasteiger charge is -2.10. The number of nitrogens with one attached hydrogen (secondary N) is 2. The van der Waals surface area contributed by atoms with E-state index < -0.39 is 0 Å². The average molecular weight is 359 g/mol. The van der Waals surface area contributed by atoms with Crippen molar-refractivity contribution in [1.29, 1.82) is 0 Å². The van der Waals surface area contributed by atoms with Crippen LogP contribution in [0.15, 0.2) is 54.7 Å². The van der Waals surface area contributed by atoms with Gasteiger partial charge in [0.05, 0.1) is 15.7 Å². The lowest BCUT2D eigenvalue weighted by atomic mass is 10.1. The number of halogens is 2. The first kappa shape index (κ1) is 16.6. The first-order chi connectivity index (χ1) is 11.6. The van der Waals surface area contributed by atoms with Crippen LogP contribution in [0.5, 0.6) is 0 Å². The molecule has 0 saturated carbocycles. The van der Waals surface area contributed by atoms with Crippen molar-refractivity contribution in [3.8, 4) is 0 Å². The monoisotopic (exact) mass is 358 g/mol. The molecule has 6 heteroatoms. The van der Waals surface area contributed by atoms with Gasteiger partial charge in [-0.2, -0.15) is 4.98 Å². The molecule has 0 aliphatic heterocycles. The predicted octanol–water partition coefficient (Wildman–Crippen LogP) is 5.45. The highest BCUT2D eigenvalue weighted by Gasteiger charge is 2.06. The number of hydrogen-bond acceptors (Lipinski definition) is 4. The first-order valence-corrected chi connectivity index (χ1v) is 8.21. The fourth-order valence-electron chi connectivity index (χ4n) is 2.14. The molecule has 0 spiro atoms. The Balaban J connectivity index is 1.69. The Labute approximate surface area is 150 Å². The number of hydrogen-bond donors (Lipinski definition) is 2. The Bertz CT molecular complexity index is 835. The quantitative estimate of drug-likeness (QED) is 0.636. The summed E-state index contributed by atoms with van der Waals surface area (Å²) in [6.07, 6.45) is 1.69. The minimum Gasteiger partial charge on any atom is -0.366 e. The average Bonchev–Trinajstić information content (AvgIpc) is 2.59. The van der Waals surface area contributed by atoms with Crippen LogP contribution in [0.4, 0.5) is 17.5 Å². The van der Waals surface area contributed by atoms with Crippen LogP contribution >= 0.6 is 23.2 Å². The van der Waals surface area contributed by atoms with Crippen molar-refractivity contribution in [2.45, 2.75) is 13.5 Å². The highest BCUT2D eigenvalue weighted by molar-refractivity contribution is 6.43. The van der Waals surface area contributed by atoms with Gasteiger partial charge in [-0.1, -0.05) is 59.1 Å². The molecule has 3 aromatic rings. The van der Waals surface area contributed by atoms with E-state index in [4.69, 9.17) is 23.2 Å². The van der Waals surface area contributed by atoms with Gasteiger partial charge in [0.25, 0.3) is 0 Å². The number of aryl methyl sites for hydroxylation is 1. The number of nitrogens with zero attached hydrogens (tertiary/aromatic N) is 2. The zero-order valence-corrected chi connectivity index (χ0v) is 14.6. The van der Waals surface area contributed by atoms with Crippen molar-refractivity contribution in [1.82, 2.24) is 9.97 Å². The summed E-state index contributed by atoms with van der Waals surface area (Å²) in [6, 6.07) is 15.5. The van der Waals surface area contributed by atoms with Gasteiger partial charge in [-0.3, -0.25) is 0 Å². The van der Waals surface area contributed by atoms with Gasteiger partial charge >= 0.3 is 0 Å². The Morgan fingerprint density at radius 3 is 2.58 bits per heavy atom. The second-order valence-electron chi connectivity index (χ2n) is 5.33. The molecule has 0 bridgehead atoms. The van der Waals surface area contributed by atoms with Crippen molar-refractivity contribution in [3.05, 3.63) is 75.9 Å². The van der Waals surface area contributed by atoms with Crippen molar-refractivity contribution < 1.29 is 0 Å². The molecule has 24 heavy (non-hydrogen) atoms. The molecule has 0 fully saturated rings. The molecular formula is C18H16Cl2N4. The van der Waals surface area contributed by atoms with Crippen molar-refractivity contribution in [2.24, 2.45) is 0 Å². The third kappa shape index (κ3) is 4.16. The van der Waals surface area contributed by atoms with Crippen LogP contribution in [0.2, 0.25) is 10.0 Å². The van der Waals surface area contributed by atoms with E-state index in [1.165, 1.54) is 11.1 Å². The number of aromatic nitrogens is 2. The largest absolute Gasteiger partial charge is 0.366 e. The molecule has 0 unspecified atom stereocenters. The molecule has 0 saturated heterocycles. The molecule has 0 amide bonds. The van der Waals surface area contributed by atoms with Crippen LogP contribution in [-0.4, -0.2) is 9.97 Å². The van der Waals surface area contributed by atoms with E-state index >= 15 is 0 Å². The Morgan fingerprint density at radius 1 is 1.00 bits per heavy atom. The van der Waals surface area contributed by atoms with Gasteiger partial charge in [0.2, 0.25) is 5.95 Å². The zero-order chi connectivity index (χ0) is 16.9. The molecule has 1 heterocycles. The lowest BCUT2D eigenvalue weighted by Crippen LogP contribution is -2.04. The van der Waals surface area contributed by atoms with E-state index in [0.29, 0.717) is 28.2 Å². The predicted molar refractivity (Wildman–Crippen MR) is 100 cm³/mol. The maximum Gasteiger partial charge on any atom is 0.229 e. The lowest BCUT2D eigenvalue weighted by molar-refractivity contribution is 1.08. The molecule has 122 valence electrons. The second kappa shape index (κ2) is 7.51. The Hall–Kier alpha value is -2.30. The molecule has 1 aromatic heterocycles.